The summed E-state index contributed by atoms with van der Waals surface area (Å²) in [6, 6.07) is 9.95. The average Bonchev–Trinajstić information content (AvgIpc) is 3.73. The predicted molar refractivity (Wildman–Crippen MR) is 245 cm³/mol. The van der Waals surface area contributed by atoms with E-state index in [-0.39, 0.29) is 75.8 Å². The number of methoxy groups -OCH3 is 1. The molecular formula is C44H54ClN5O19S. The fraction of sp³-hybridized carbons (Fsp3) is 0.523. The van der Waals surface area contributed by atoms with Gasteiger partial charge in [-0.05, 0) is 52.9 Å². The van der Waals surface area contributed by atoms with Crippen molar-refractivity contribution < 1.29 is 88.1 Å². The second-order valence-electron chi connectivity index (χ2n) is 15.4. The quantitative estimate of drug-likeness (QED) is 0.0224. The molecule has 382 valence electrons. The number of nitrogens with zero attached hydrogens (tertiary/aromatic N) is 4. The summed E-state index contributed by atoms with van der Waals surface area (Å²) in [7, 11) is -2.19. The van der Waals surface area contributed by atoms with E-state index in [2.05, 4.69) is 15.3 Å². The van der Waals surface area contributed by atoms with Crippen LogP contribution in [0.5, 0.6) is 23.0 Å². The van der Waals surface area contributed by atoms with E-state index < -0.39 is 89.0 Å². The highest BCUT2D eigenvalue weighted by molar-refractivity contribution is 7.82. The van der Waals surface area contributed by atoms with Crippen molar-refractivity contribution in [3.05, 3.63) is 64.0 Å². The van der Waals surface area contributed by atoms with E-state index in [4.69, 9.17) is 72.9 Å². The van der Waals surface area contributed by atoms with Crippen molar-refractivity contribution >= 4 is 68.2 Å². The Hall–Kier alpha value is -6.34. The molecule has 1 N–H and O–H groups in total. The Morgan fingerprint density at radius 2 is 1.44 bits per heavy atom. The molecule has 3 aromatic rings. The summed E-state index contributed by atoms with van der Waals surface area (Å²) in [5, 5.41) is 7.56. The molecule has 70 heavy (non-hydrogen) atoms. The number of carbonyl (C=O) groups excluding carboxylic acids is 5. The van der Waals surface area contributed by atoms with Gasteiger partial charge in [-0.2, -0.15) is 0 Å². The van der Waals surface area contributed by atoms with E-state index in [1.807, 2.05) is 0 Å². The zero-order chi connectivity index (χ0) is 51.0. The Bertz CT molecular complexity index is 2510. The number of anilines is 1. The zero-order valence-electron chi connectivity index (χ0n) is 39.1. The monoisotopic (exact) mass is 1020 g/mol. The SMILES string of the molecule is COc1ccc2c(OS(=O)(=O)Oc3cc(C(=O)N(C)CCOCCOCCOCCN=[N+]=[N-])ccc3O[C@@H]3O[C@H](COC(C)=O)[C@H](OC(C)=O)[C@H](OC(C)=O)C3OC(C)=O)cc3c(c2c1)[C@H](CCl)CN3. The zero-order valence-corrected chi connectivity index (χ0v) is 40.7. The Labute approximate surface area is 407 Å². The molecule has 0 saturated carbocycles. The third-order valence-electron chi connectivity index (χ3n) is 10.3. The number of hydrogen-bond acceptors (Lipinski definition) is 21. The van der Waals surface area contributed by atoms with Crippen molar-refractivity contribution in [2.24, 2.45) is 5.11 Å². The van der Waals surface area contributed by atoms with Gasteiger partial charge in [-0.15, -0.1) is 20.0 Å². The number of likely N-dealkylation sites (N-methyl/N-ethyl adjacent to an activating group) is 1. The van der Waals surface area contributed by atoms with E-state index >= 15 is 0 Å². The number of hydrogen-bond donors (Lipinski definition) is 1. The number of halogens is 1. The van der Waals surface area contributed by atoms with Gasteiger partial charge in [-0.25, -0.2) is 0 Å². The van der Waals surface area contributed by atoms with Crippen molar-refractivity contribution in [3.8, 4) is 23.0 Å². The molecule has 2 aliphatic rings. The van der Waals surface area contributed by atoms with Crippen molar-refractivity contribution in [1.82, 2.24) is 4.90 Å². The number of esters is 4. The number of azide groups is 1. The predicted octanol–water partition coefficient (Wildman–Crippen LogP) is 4.19. The van der Waals surface area contributed by atoms with E-state index in [0.717, 1.165) is 39.3 Å². The first kappa shape index (κ1) is 54.6. The molecule has 1 saturated heterocycles. The van der Waals surface area contributed by atoms with Crippen LogP contribution >= 0.6 is 11.6 Å². The highest BCUT2D eigenvalue weighted by atomic mass is 35.5. The summed E-state index contributed by atoms with van der Waals surface area (Å²) in [5.41, 5.74) is 9.59. The molecular weight excluding hydrogens is 970 g/mol. The fourth-order valence-corrected chi connectivity index (χ4v) is 8.31. The van der Waals surface area contributed by atoms with Crippen LogP contribution in [-0.4, -0.2) is 160 Å². The normalized spacial score (nSPS) is 19.4. The molecule has 3 aromatic carbocycles. The molecule has 5 rings (SSSR count). The lowest BCUT2D eigenvalue weighted by molar-refractivity contribution is -0.288. The van der Waals surface area contributed by atoms with Crippen LogP contribution in [0.2, 0.25) is 0 Å². The highest BCUT2D eigenvalue weighted by Gasteiger charge is 2.53. The Morgan fingerprint density at radius 1 is 0.800 bits per heavy atom. The number of alkyl halides is 1. The van der Waals surface area contributed by atoms with Crippen LogP contribution in [-0.2, 0) is 67.5 Å². The fourth-order valence-electron chi connectivity index (χ4n) is 7.31. The van der Waals surface area contributed by atoms with Crippen LogP contribution in [0.15, 0.2) is 47.6 Å². The van der Waals surface area contributed by atoms with Gasteiger partial charge in [0.25, 0.3) is 5.91 Å². The first-order chi connectivity index (χ1) is 33.4. The summed E-state index contributed by atoms with van der Waals surface area (Å²) in [6.45, 7) is 5.73. The van der Waals surface area contributed by atoms with Gasteiger partial charge >= 0.3 is 34.3 Å². The lowest BCUT2D eigenvalue weighted by Crippen LogP contribution is -2.63. The molecule has 26 heteroatoms. The highest BCUT2D eigenvalue weighted by Crippen LogP contribution is 2.44. The number of amides is 1. The minimum absolute atomic E-state index is 0.0801. The van der Waals surface area contributed by atoms with Gasteiger partial charge in [0.1, 0.15) is 18.5 Å². The van der Waals surface area contributed by atoms with Gasteiger partial charge in [-0.3, -0.25) is 24.0 Å². The van der Waals surface area contributed by atoms with Crippen LogP contribution in [0.25, 0.3) is 21.2 Å². The minimum Gasteiger partial charge on any atom is -0.497 e. The van der Waals surface area contributed by atoms with E-state index in [9.17, 15) is 32.4 Å². The molecule has 1 amide bonds. The van der Waals surface area contributed by atoms with Crippen LogP contribution in [0.4, 0.5) is 5.69 Å². The summed E-state index contributed by atoms with van der Waals surface area (Å²) in [4.78, 5) is 67.0. The first-order valence-electron chi connectivity index (χ1n) is 21.6. The Balaban J connectivity index is 1.46. The minimum atomic E-state index is -5.16. The Kier molecular flexibility index (Phi) is 20.3. The maximum absolute atomic E-state index is 14.1. The molecule has 1 unspecified atom stereocenters. The van der Waals surface area contributed by atoms with Crippen molar-refractivity contribution in [3.63, 3.8) is 0 Å². The molecule has 2 aliphatic heterocycles. The molecule has 2 heterocycles. The van der Waals surface area contributed by atoms with E-state index in [1.54, 1.807) is 18.2 Å². The summed E-state index contributed by atoms with van der Waals surface area (Å²) < 4.78 is 95.2. The van der Waals surface area contributed by atoms with Crippen molar-refractivity contribution in [1.29, 1.82) is 0 Å². The summed E-state index contributed by atoms with van der Waals surface area (Å²) >= 11 is 6.31. The summed E-state index contributed by atoms with van der Waals surface area (Å²) in [5.74, 6) is -4.65. The van der Waals surface area contributed by atoms with E-state index in [1.165, 1.54) is 37.3 Å². The molecule has 0 radical (unpaired) electrons. The second-order valence-corrected chi connectivity index (χ2v) is 16.9. The van der Waals surface area contributed by atoms with Crippen molar-refractivity contribution in [2.75, 3.05) is 91.2 Å². The molecule has 1 fully saturated rings. The number of carbonyl (C=O) groups is 5. The standard InChI is InChI=1S/C44H54ClN5O19S/c1-25(51)62-24-38-40(63-26(2)52)41(64-27(3)53)42(65-28(4)54)44(67-38)66-35-10-7-29(43(55)50(5)12-14-60-16-18-61-17-15-59-13-11-48-49-46)19-37(35)69-70(56,57)68-36-21-34-39(30(22-45)23-47-34)33-20-31(58-6)8-9-32(33)36/h7-10,19-21,30,38,40-42,44,47H,11-18,22-24H2,1-6H3/t30-,38-,40+,41+,42?,44-/m1/s1. The largest absolute Gasteiger partial charge is 0.501 e. The van der Waals surface area contributed by atoms with E-state index in [0.29, 0.717) is 28.8 Å². The second kappa shape index (κ2) is 26.0. The van der Waals surface area contributed by atoms with Crippen LogP contribution in [0.1, 0.15) is 49.5 Å². The van der Waals surface area contributed by atoms with Crippen LogP contribution in [0.3, 0.4) is 0 Å². The third kappa shape index (κ3) is 15.3. The lowest BCUT2D eigenvalue weighted by Gasteiger charge is -2.43. The molecule has 0 aromatic heterocycles. The molecule has 0 bridgehead atoms. The van der Waals surface area contributed by atoms with Gasteiger partial charge < -0.3 is 66.0 Å². The summed E-state index contributed by atoms with van der Waals surface area (Å²) in [6.07, 6.45) is -8.15. The number of rotatable bonds is 26. The molecule has 0 aliphatic carbocycles. The first-order valence-corrected chi connectivity index (χ1v) is 23.5. The van der Waals surface area contributed by atoms with Crippen LogP contribution < -0.4 is 23.2 Å². The smallest absolute Gasteiger partial charge is 0.497 e. The van der Waals surface area contributed by atoms with Crippen LogP contribution in [0, 0.1) is 0 Å². The number of ether oxygens (including phenoxy) is 10. The third-order valence-corrected chi connectivity index (χ3v) is 11.4. The lowest BCUT2D eigenvalue weighted by atomic mass is 9.95. The number of fused-ring (bicyclic) bond motifs is 3. The Morgan fingerprint density at radius 3 is 2.09 bits per heavy atom. The molecule has 0 spiro atoms. The molecule has 6 atom stereocenters. The topological polar surface area (TPSA) is 294 Å². The maximum atomic E-state index is 14.1. The number of benzene rings is 3. The van der Waals surface area contributed by atoms with Crippen molar-refractivity contribution in [2.45, 2.75) is 64.3 Å². The van der Waals surface area contributed by atoms with Gasteiger partial charge in [0.05, 0.1) is 46.8 Å². The van der Waals surface area contributed by atoms with Gasteiger partial charge in [-0.1, -0.05) is 5.11 Å². The number of nitrogens with one attached hydrogen (secondary N) is 1. The molecule has 24 nitrogen and oxygen atoms in total. The van der Waals surface area contributed by atoms with Gasteiger partial charge in [0.2, 0.25) is 12.4 Å². The van der Waals surface area contributed by atoms with Gasteiger partial charge in [0, 0.05) is 93.8 Å². The maximum Gasteiger partial charge on any atom is 0.501 e. The average molecular weight is 1020 g/mol. The van der Waals surface area contributed by atoms with Gasteiger partial charge in [0.15, 0.2) is 29.5 Å².